The maximum atomic E-state index is 14.2. The molecule has 0 N–H and O–H groups in total. The molecule has 0 spiro atoms. The first kappa shape index (κ1) is 33.0. The van der Waals surface area contributed by atoms with Crippen LogP contribution in [0.1, 0.15) is 80.7 Å². The number of nitrogens with zero attached hydrogens (tertiary/aromatic N) is 5. The van der Waals surface area contributed by atoms with Crippen LogP contribution in [-0.2, 0) is 21.4 Å². The fourth-order valence-electron chi connectivity index (χ4n) is 7.99. The van der Waals surface area contributed by atoms with Crippen LogP contribution in [0.2, 0.25) is 0 Å². The quantitative estimate of drug-likeness (QED) is 0.376. The van der Waals surface area contributed by atoms with E-state index in [1.54, 1.807) is 23.5 Å². The Labute approximate surface area is 265 Å². The molecular weight excluding hydrogens is 574 g/mol. The van der Waals surface area contributed by atoms with E-state index in [9.17, 15) is 13.2 Å². The van der Waals surface area contributed by atoms with E-state index < -0.39 is 10.0 Å². The van der Waals surface area contributed by atoms with Crippen LogP contribution in [0.5, 0.6) is 5.75 Å². The van der Waals surface area contributed by atoms with Gasteiger partial charge in [0.2, 0.25) is 15.9 Å². The number of aryl methyl sites for hydroxylation is 2. The molecule has 3 heterocycles. The number of sulfonamides is 1. The molecule has 1 aromatic heterocycles. The summed E-state index contributed by atoms with van der Waals surface area (Å²) < 4.78 is 37.6. The Morgan fingerprint density at radius 3 is 2.34 bits per heavy atom. The zero-order valence-corrected chi connectivity index (χ0v) is 28.5. The van der Waals surface area contributed by atoms with Crippen LogP contribution in [0.3, 0.4) is 0 Å². The highest BCUT2D eigenvalue weighted by Gasteiger charge is 2.38. The van der Waals surface area contributed by atoms with Crippen LogP contribution >= 0.6 is 0 Å². The molecule has 1 aliphatic carbocycles. The molecule has 0 radical (unpaired) electrons. The predicted octanol–water partition coefficient (Wildman–Crippen LogP) is 4.83. The van der Waals surface area contributed by atoms with Crippen LogP contribution < -0.4 is 4.74 Å². The van der Waals surface area contributed by atoms with Crippen molar-refractivity contribution in [2.45, 2.75) is 107 Å². The molecule has 244 valence electrons. The fraction of sp³-hybridized carbons (Fsp3) is 0.676. The van der Waals surface area contributed by atoms with E-state index >= 15 is 0 Å². The zero-order chi connectivity index (χ0) is 31.6. The number of carbonyl (C=O) groups is 1. The van der Waals surface area contributed by atoms with Crippen molar-refractivity contribution in [3.63, 3.8) is 0 Å². The van der Waals surface area contributed by atoms with E-state index in [0.29, 0.717) is 66.2 Å². The summed E-state index contributed by atoms with van der Waals surface area (Å²) >= 11 is 0. The SMILES string of the molecule is COc1cc(C)c(S(=O)(=O)N2CCn3cccc3C2CCCC(=O)N(C)[C@H]2CCC[C@@H](N3CCC(N(C)C)CC3)C2)c(C)c1. The summed E-state index contributed by atoms with van der Waals surface area (Å²) in [6.07, 6.45) is 10.6. The number of rotatable bonds is 10. The third kappa shape index (κ3) is 6.88. The van der Waals surface area contributed by atoms with Crippen molar-refractivity contribution in [2.24, 2.45) is 0 Å². The first-order valence-electron chi connectivity index (χ1n) is 16.5. The second-order valence-corrected chi connectivity index (χ2v) is 15.3. The van der Waals surface area contributed by atoms with Crippen LogP contribution in [-0.4, -0.2) is 104 Å². The molecule has 1 aromatic carbocycles. The monoisotopic (exact) mass is 627 g/mol. The van der Waals surface area contributed by atoms with Gasteiger partial charge in [-0.25, -0.2) is 8.42 Å². The molecule has 0 bridgehead atoms. The molecule has 2 aliphatic heterocycles. The molecule has 3 atom stereocenters. The van der Waals surface area contributed by atoms with E-state index in [0.717, 1.165) is 38.0 Å². The van der Waals surface area contributed by atoms with Crippen LogP contribution in [0.4, 0.5) is 0 Å². The van der Waals surface area contributed by atoms with Gasteiger partial charge in [0.25, 0.3) is 0 Å². The summed E-state index contributed by atoms with van der Waals surface area (Å²) in [4.78, 5) is 20.9. The Morgan fingerprint density at radius 2 is 1.68 bits per heavy atom. The number of likely N-dealkylation sites (tertiary alicyclic amines) is 1. The van der Waals surface area contributed by atoms with Gasteiger partial charge in [-0.1, -0.05) is 0 Å². The summed E-state index contributed by atoms with van der Waals surface area (Å²) in [6.45, 7) is 6.98. The van der Waals surface area contributed by atoms with E-state index in [1.165, 1.54) is 19.3 Å². The first-order chi connectivity index (χ1) is 21.0. The average molecular weight is 628 g/mol. The maximum Gasteiger partial charge on any atom is 0.244 e. The first-order valence-corrected chi connectivity index (χ1v) is 17.9. The van der Waals surface area contributed by atoms with Gasteiger partial charge >= 0.3 is 0 Å². The number of ether oxygens (including phenoxy) is 1. The molecule has 44 heavy (non-hydrogen) atoms. The predicted molar refractivity (Wildman–Crippen MR) is 174 cm³/mol. The van der Waals surface area contributed by atoms with Crippen LogP contribution in [0, 0.1) is 13.8 Å². The molecule has 2 aromatic rings. The van der Waals surface area contributed by atoms with Crippen LogP contribution in [0.25, 0.3) is 0 Å². The minimum absolute atomic E-state index is 0.171. The Balaban J connectivity index is 1.22. The number of fused-ring (bicyclic) bond motifs is 1. The van der Waals surface area contributed by atoms with Crippen LogP contribution in [0.15, 0.2) is 35.4 Å². The lowest BCUT2D eigenvalue weighted by atomic mass is 9.87. The van der Waals surface area contributed by atoms with Gasteiger partial charge in [-0.05, 0) is 128 Å². The number of carbonyl (C=O) groups excluding carboxylic acids is 1. The minimum Gasteiger partial charge on any atom is -0.497 e. The van der Waals surface area contributed by atoms with Gasteiger partial charge in [0, 0.05) is 56.6 Å². The highest BCUT2D eigenvalue weighted by Crippen LogP contribution is 2.38. The molecule has 1 saturated heterocycles. The Morgan fingerprint density at radius 1 is 0.977 bits per heavy atom. The summed E-state index contributed by atoms with van der Waals surface area (Å²) in [5, 5.41) is 0. The number of benzene rings is 1. The van der Waals surface area contributed by atoms with E-state index in [1.807, 2.05) is 44.1 Å². The van der Waals surface area contributed by atoms with Gasteiger partial charge in [-0.3, -0.25) is 4.79 Å². The number of aromatic nitrogens is 1. The summed E-state index contributed by atoms with van der Waals surface area (Å²) in [5.74, 6) is 0.827. The second kappa shape index (κ2) is 13.9. The molecule has 3 aliphatic rings. The lowest BCUT2D eigenvalue weighted by Crippen LogP contribution is -2.50. The Hall–Kier alpha value is -2.40. The lowest BCUT2D eigenvalue weighted by Gasteiger charge is -2.44. The molecular formula is C34H53N5O4S. The van der Waals surface area contributed by atoms with Crippen molar-refractivity contribution < 1.29 is 17.9 Å². The smallest absolute Gasteiger partial charge is 0.244 e. The Kier molecular flexibility index (Phi) is 10.4. The largest absolute Gasteiger partial charge is 0.497 e. The molecule has 10 heteroatoms. The minimum atomic E-state index is -3.77. The van der Waals surface area contributed by atoms with Crippen molar-refractivity contribution in [1.29, 1.82) is 0 Å². The normalized spacial score (nSPS) is 23.9. The lowest BCUT2D eigenvalue weighted by molar-refractivity contribution is -0.133. The standard InChI is InChI=1S/C34H53N5O4S/c1-25-22-30(43-6)23-26(2)34(25)44(41,42)39-21-20-38-17-9-13-31(38)32(39)12-8-14-33(40)36(5)28-10-7-11-29(24-28)37-18-15-27(16-19-37)35(3)4/h9,13,17,22-23,27-29,32H,7-8,10-12,14-16,18-21,24H2,1-6H3/t28-,29+,32?/m0/s1. The number of methoxy groups -OCH3 is 1. The molecule has 9 nitrogen and oxygen atoms in total. The zero-order valence-electron chi connectivity index (χ0n) is 27.7. The molecule has 1 amide bonds. The average Bonchev–Trinajstić information content (AvgIpc) is 3.49. The number of hydrogen-bond acceptors (Lipinski definition) is 6. The molecule has 1 saturated carbocycles. The topological polar surface area (TPSA) is 78.3 Å². The van der Waals surface area contributed by atoms with Gasteiger partial charge in [0.05, 0.1) is 18.0 Å². The van der Waals surface area contributed by atoms with Gasteiger partial charge < -0.3 is 24.0 Å². The number of hydrogen-bond donors (Lipinski definition) is 0. The van der Waals surface area contributed by atoms with Gasteiger partial charge in [0.15, 0.2) is 0 Å². The van der Waals surface area contributed by atoms with Gasteiger partial charge in [0.1, 0.15) is 5.75 Å². The molecule has 5 rings (SSSR count). The fourth-order valence-corrected chi connectivity index (χ4v) is 10.0. The molecule has 1 unspecified atom stereocenters. The highest BCUT2D eigenvalue weighted by atomic mass is 32.2. The van der Waals surface area contributed by atoms with E-state index in [4.69, 9.17) is 4.74 Å². The van der Waals surface area contributed by atoms with Crippen molar-refractivity contribution >= 4 is 15.9 Å². The third-order valence-electron chi connectivity index (χ3n) is 10.5. The van der Waals surface area contributed by atoms with E-state index in [-0.39, 0.29) is 18.0 Å². The van der Waals surface area contributed by atoms with Gasteiger partial charge in [-0.15, -0.1) is 0 Å². The molecule has 2 fully saturated rings. The van der Waals surface area contributed by atoms with Crippen molar-refractivity contribution in [3.05, 3.63) is 47.3 Å². The Bertz CT molecular complexity index is 1380. The maximum absolute atomic E-state index is 14.2. The highest BCUT2D eigenvalue weighted by molar-refractivity contribution is 7.89. The van der Waals surface area contributed by atoms with E-state index in [2.05, 4.69) is 28.5 Å². The van der Waals surface area contributed by atoms with Gasteiger partial charge in [-0.2, -0.15) is 4.31 Å². The van der Waals surface area contributed by atoms with Crippen molar-refractivity contribution in [1.82, 2.24) is 23.6 Å². The number of amides is 1. The summed E-state index contributed by atoms with van der Waals surface area (Å²) in [5.41, 5.74) is 2.37. The van der Waals surface area contributed by atoms with Crippen molar-refractivity contribution in [3.8, 4) is 5.75 Å². The second-order valence-electron chi connectivity index (χ2n) is 13.5. The number of piperidine rings is 1. The summed E-state index contributed by atoms with van der Waals surface area (Å²) in [7, 11) is 4.17. The summed E-state index contributed by atoms with van der Waals surface area (Å²) in [6, 6.07) is 8.80. The van der Waals surface area contributed by atoms with Crippen molar-refractivity contribution in [2.75, 3.05) is 47.9 Å². The third-order valence-corrected chi connectivity index (χ3v) is 12.7.